The molecule has 1 N–H and O–H groups in total. The first-order valence-electron chi connectivity index (χ1n) is 8.04. The van der Waals surface area contributed by atoms with Crippen molar-refractivity contribution in [3.63, 3.8) is 0 Å². The van der Waals surface area contributed by atoms with Crippen molar-refractivity contribution < 1.29 is 14.3 Å². The van der Waals surface area contributed by atoms with E-state index < -0.39 is 0 Å². The summed E-state index contributed by atoms with van der Waals surface area (Å²) in [5.74, 6) is -0.124. The fourth-order valence-electron chi connectivity index (χ4n) is 2.05. The average molecular weight is 285 g/mol. The van der Waals surface area contributed by atoms with Crippen molar-refractivity contribution in [2.24, 2.45) is 0 Å². The van der Waals surface area contributed by atoms with E-state index in [-0.39, 0.29) is 18.0 Å². The molecule has 0 spiro atoms. The molecule has 0 aromatic heterocycles. The third-order valence-corrected chi connectivity index (χ3v) is 3.31. The van der Waals surface area contributed by atoms with Crippen LogP contribution >= 0.6 is 0 Å². The fourth-order valence-corrected chi connectivity index (χ4v) is 2.05. The molecule has 0 aliphatic heterocycles. The van der Waals surface area contributed by atoms with E-state index >= 15 is 0 Å². The summed E-state index contributed by atoms with van der Waals surface area (Å²) in [7, 11) is 0. The summed E-state index contributed by atoms with van der Waals surface area (Å²) in [6, 6.07) is 0. The molecule has 20 heavy (non-hydrogen) atoms. The predicted molar refractivity (Wildman–Crippen MR) is 81.5 cm³/mol. The molecule has 0 aliphatic rings. The highest BCUT2D eigenvalue weighted by Crippen LogP contribution is 2.12. The lowest BCUT2D eigenvalue weighted by atomic mass is 10.1. The summed E-state index contributed by atoms with van der Waals surface area (Å²) < 4.78 is 5.48. The SMILES string of the molecule is CCCCCCC(CC)OC(=O)CCCCNC(C)=O. The van der Waals surface area contributed by atoms with Crippen molar-refractivity contribution >= 4 is 11.9 Å². The molecule has 1 unspecified atom stereocenters. The van der Waals surface area contributed by atoms with Crippen LogP contribution in [-0.2, 0) is 14.3 Å². The molecule has 0 aliphatic carbocycles. The highest BCUT2D eigenvalue weighted by atomic mass is 16.5. The van der Waals surface area contributed by atoms with Gasteiger partial charge in [0.05, 0.1) is 0 Å². The summed E-state index contributed by atoms with van der Waals surface area (Å²) in [6.45, 7) is 6.39. The van der Waals surface area contributed by atoms with Gasteiger partial charge < -0.3 is 10.1 Å². The van der Waals surface area contributed by atoms with E-state index in [0.29, 0.717) is 13.0 Å². The first-order valence-corrected chi connectivity index (χ1v) is 8.04. The van der Waals surface area contributed by atoms with Crippen LogP contribution in [-0.4, -0.2) is 24.5 Å². The van der Waals surface area contributed by atoms with Crippen LogP contribution < -0.4 is 5.32 Å². The molecule has 118 valence electrons. The van der Waals surface area contributed by atoms with Crippen LogP contribution in [0.15, 0.2) is 0 Å². The number of unbranched alkanes of at least 4 members (excludes halogenated alkanes) is 4. The third kappa shape index (κ3) is 12.0. The molecule has 0 saturated heterocycles. The first kappa shape index (κ1) is 18.9. The summed E-state index contributed by atoms with van der Waals surface area (Å²) in [5.41, 5.74) is 0. The molecule has 0 heterocycles. The molecule has 0 aromatic carbocycles. The van der Waals surface area contributed by atoms with Gasteiger partial charge in [-0.1, -0.05) is 33.1 Å². The third-order valence-electron chi connectivity index (χ3n) is 3.31. The first-order chi connectivity index (χ1) is 9.60. The Hall–Kier alpha value is -1.06. The molecule has 0 aromatic rings. The van der Waals surface area contributed by atoms with E-state index in [2.05, 4.69) is 19.2 Å². The van der Waals surface area contributed by atoms with E-state index in [1.165, 1.54) is 26.2 Å². The fraction of sp³-hybridized carbons (Fsp3) is 0.875. The average Bonchev–Trinajstić information content (AvgIpc) is 2.41. The molecular formula is C16H31NO3. The van der Waals surface area contributed by atoms with Gasteiger partial charge in [0.2, 0.25) is 5.91 Å². The van der Waals surface area contributed by atoms with Crippen molar-refractivity contribution in [2.45, 2.75) is 84.7 Å². The number of rotatable bonds is 12. The highest BCUT2D eigenvalue weighted by Gasteiger charge is 2.11. The van der Waals surface area contributed by atoms with Crippen LogP contribution in [0.25, 0.3) is 0 Å². The van der Waals surface area contributed by atoms with Gasteiger partial charge in [-0.3, -0.25) is 9.59 Å². The maximum atomic E-state index is 11.7. The van der Waals surface area contributed by atoms with Gasteiger partial charge in [0.1, 0.15) is 6.10 Å². The maximum absolute atomic E-state index is 11.7. The molecule has 1 atom stereocenters. The Morgan fingerprint density at radius 3 is 2.40 bits per heavy atom. The Morgan fingerprint density at radius 2 is 1.80 bits per heavy atom. The quantitative estimate of drug-likeness (QED) is 0.440. The maximum Gasteiger partial charge on any atom is 0.306 e. The van der Waals surface area contributed by atoms with Crippen molar-refractivity contribution in [1.82, 2.24) is 5.32 Å². The largest absolute Gasteiger partial charge is 0.462 e. The molecule has 1 amide bonds. The summed E-state index contributed by atoms with van der Waals surface area (Å²) >= 11 is 0. The lowest BCUT2D eigenvalue weighted by Gasteiger charge is -2.16. The van der Waals surface area contributed by atoms with E-state index in [4.69, 9.17) is 4.74 Å². The zero-order valence-corrected chi connectivity index (χ0v) is 13.4. The topological polar surface area (TPSA) is 55.4 Å². The van der Waals surface area contributed by atoms with Gasteiger partial charge in [0, 0.05) is 19.9 Å². The van der Waals surface area contributed by atoms with Crippen LogP contribution in [0.1, 0.15) is 78.6 Å². The van der Waals surface area contributed by atoms with Gasteiger partial charge in [-0.2, -0.15) is 0 Å². The number of ether oxygens (including phenoxy) is 1. The predicted octanol–water partition coefficient (Wildman–Crippen LogP) is 3.59. The number of hydrogen-bond donors (Lipinski definition) is 1. The van der Waals surface area contributed by atoms with Crippen LogP contribution in [0.5, 0.6) is 0 Å². The Bertz CT molecular complexity index is 266. The van der Waals surface area contributed by atoms with Crippen molar-refractivity contribution in [3.8, 4) is 0 Å². The smallest absolute Gasteiger partial charge is 0.306 e. The standard InChI is InChI=1S/C16H31NO3/c1-4-6-7-8-11-15(5-2)20-16(19)12-9-10-13-17-14(3)18/h15H,4-13H2,1-3H3,(H,17,18). The molecule has 0 radical (unpaired) electrons. The molecule has 4 nitrogen and oxygen atoms in total. The molecule has 0 fully saturated rings. The van der Waals surface area contributed by atoms with Gasteiger partial charge >= 0.3 is 5.97 Å². The molecule has 0 bridgehead atoms. The van der Waals surface area contributed by atoms with Crippen LogP contribution in [0, 0.1) is 0 Å². The minimum absolute atomic E-state index is 0.0225. The molecule has 0 rings (SSSR count). The Balaban J connectivity index is 3.61. The van der Waals surface area contributed by atoms with E-state index in [1.807, 2.05) is 0 Å². The van der Waals surface area contributed by atoms with Crippen LogP contribution in [0.4, 0.5) is 0 Å². The Morgan fingerprint density at radius 1 is 1.05 bits per heavy atom. The second kappa shape index (κ2) is 12.9. The lowest BCUT2D eigenvalue weighted by molar-refractivity contribution is -0.149. The second-order valence-corrected chi connectivity index (χ2v) is 5.31. The normalized spacial score (nSPS) is 11.9. The number of amides is 1. The molecular weight excluding hydrogens is 254 g/mol. The Kier molecular flexibility index (Phi) is 12.3. The number of esters is 1. The van der Waals surface area contributed by atoms with Gasteiger partial charge in [-0.05, 0) is 32.1 Å². The number of hydrogen-bond acceptors (Lipinski definition) is 3. The minimum Gasteiger partial charge on any atom is -0.462 e. The summed E-state index contributed by atoms with van der Waals surface area (Å²) in [6.07, 6.45) is 8.84. The van der Waals surface area contributed by atoms with Gasteiger partial charge in [0.15, 0.2) is 0 Å². The minimum atomic E-state index is -0.102. The van der Waals surface area contributed by atoms with Gasteiger partial charge in [-0.15, -0.1) is 0 Å². The monoisotopic (exact) mass is 285 g/mol. The number of carbonyl (C=O) groups is 2. The van der Waals surface area contributed by atoms with Crippen molar-refractivity contribution in [3.05, 3.63) is 0 Å². The molecule has 0 saturated carbocycles. The van der Waals surface area contributed by atoms with Crippen molar-refractivity contribution in [1.29, 1.82) is 0 Å². The van der Waals surface area contributed by atoms with Crippen LogP contribution in [0.3, 0.4) is 0 Å². The number of carbonyl (C=O) groups excluding carboxylic acids is 2. The zero-order chi connectivity index (χ0) is 15.2. The summed E-state index contributed by atoms with van der Waals surface area (Å²) in [5, 5.41) is 2.72. The van der Waals surface area contributed by atoms with Crippen LogP contribution in [0.2, 0.25) is 0 Å². The number of nitrogens with one attached hydrogen (secondary N) is 1. The van der Waals surface area contributed by atoms with E-state index in [9.17, 15) is 9.59 Å². The Labute approximate surface area is 123 Å². The zero-order valence-electron chi connectivity index (χ0n) is 13.4. The second-order valence-electron chi connectivity index (χ2n) is 5.31. The molecule has 4 heteroatoms. The summed E-state index contributed by atoms with van der Waals surface area (Å²) in [4.78, 5) is 22.4. The van der Waals surface area contributed by atoms with Gasteiger partial charge in [0.25, 0.3) is 0 Å². The van der Waals surface area contributed by atoms with Crippen molar-refractivity contribution in [2.75, 3.05) is 6.54 Å². The van der Waals surface area contributed by atoms with E-state index in [1.54, 1.807) is 0 Å². The van der Waals surface area contributed by atoms with Gasteiger partial charge in [-0.25, -0.2) is 0 Å². The van der Waals surface area contributed by atoms with E-state index in [0.717, 1.165) is 32.1 Å². The lowest BCUT2D eigenvalue weighted by Crippen LogP contribution is -2.21. The highest BCUT2D eigenvalue weighted by molar-refractivity contribution is 5.72.